The highest BCUT2D eigenvalue weighted by atomic mass is 15.1. The molecule has 0 bridgehead atoms. The van der Waals surface area contributed by atoms with E-state index in [4.69, 9.17) is 0 Å². The molecule has 0 spiro atoms. The normalized spacial score (nSPS) is 10.6. The van der Waals surface area contributed by atoms with E-state index in [0.717, 1.165) is 34.1 Å². The highest BCUT2D eigenvalue weighted by molar-refractivity contribution is 6.00. The monoisotopic (exact) mass is 622 g/mol. The van der Waals surface area contributed by atoms with Gasteiger partial charge in [-0.2, -0.15) is 0 Å². The number of hydrogen-bond donors (Lipinski definition) is 2. The van der Waals surface area contributed by atoms with E-state index in [-0.39, 0.29) is 12.3 Å². The first-order valence-corrected chi connectivity index (χ1v) is 15.7. The van der Waals surface area contributed by atoms with Crippen LogP contribution < -0.4 is 22.1 Å². The third-order valence-electron chi connectivity index (χ3n) is 8.63. The zero-order valence-corrected chi connectivity index (χ0v) is 26.8. The maximum Gasteiger partial charge on any atom is 0.0540 e. The number of anilines is 6. The summed E-state index contributed by atoms with van der Waals surface area (Å²) in [6, 6.07) is 69.2. The van der Waals surface area contributed by atoms with Crippen LogP contribution in [0.15, 0.2) is 194 Å². The molecule has 0 fully saturated rings. The lowest BCUT2D eigenvalue weighted by molar-refractivity contribution is 1.29. The molecule has 0 atom stereocenters. The molecular weight excluding hydrogens is 585 g/mol. The first-order chi connectivity index (χ1) is 22.8. The Hall–Kier alpha value is -6.20. The summed E-state index contributed by atoms with van der Waals surface area (Å²) in [6.07, 6.45) is 0. The molecule has 0 unspecified atom stereocenters. The van der Waals surface area contributed by atoms with Gasteiger partial charge in [-0.05, 0) is 82.6 Å². The Morgan fingerprint density at radius 3 is 0.958 bits per heavy atom. The number of hydrogen-bond acceptors (Lipinski definition) is 4. The van der Waals surface area contributed by atoms with Crippen LogP contribution in [0, 0.1) is 0 Å². The Labute approximate surface area is 282 Å². The van der Waals surface area contributed by atoms with Gasteiger partial charge in [-0.15, -0.1) is 0 Å². The zero-order chi connectivity index (χ0) is 30.7. The summed E-state index contributed by atoms with van der Waals surface area (Å²) >= 11 is 0. The average molecular weight is 623 g/mol. The third-order valence-corrected chi connectivity index (χ3v) is 8.63. The summed E-state index contributed by atoms with van der Waals surface area (Å²) < 4.78 is 0. The lowest BCUT2D eigenvalue weighted by Gasteiger charge is -2.27. The topological polar surface area (TPSA) is 76.5 Å². The highest BCUT2D eigenvalue weighted by Crippen LogP contribution is 2.41. The highest BCUT2D eigenvalue weighted by Gasteiger charge is 2.17. The molecule has 0 aliphatic heterocycles. The van der Waals surface area contributed by atoms with Crippen molar-refractivity contribution >= 4 is 55.7 Å². The number of para-hydroxylation sites is 2. The second kappa shape index (κ2) is 14.1. The minimum atomic E-state index is 0. The molecule has 4 nitrogen and oxygen atoms in total. The van der Waals surface area contributed by atoms with E-state index in [9.17, 15) is 0 Å². The van der Waals surface area contributed by atoms with E-state index in [1.165, 1.54) is 32.7 Å². The van der Waals surface area contributed by atoms with Crippen LogP contribution in [0.4, 0.5) is 34.1 Å². The molecule has 0 saturated carbocycles. The van der Waals surface area contributed by atoms with Crippen LogP contribution in [-0.4, -0.2) is 0 Å². The molecule has 0 amide bonds. The van der Waals surface area contributed by atoms with E-state index < -0.39 is 0 Å². The van der Waals surface area contributed by atoms with Gasteiger partial charge in [-0.3, -0.25) is 0 Å². The molecule has 0 aliphatic carbocycles. The molecular formula is C44H38N4. The standard InChI is InChI=1S/C44H32N2.2H3N/c1-3-17-37(18-4-1)45(43-23-11-15-35-13-7-9-21-41(35)43)39-29-25-33(26-30-39)34-27-31-40(32-28-34)46(38-19-5-2-6-20-38)44-24-12-16-36-14-8-10-22-42(36)44;;/h1-32H;2*1H3. The largest absolute Gasteiger partial charge is 0.344 e. The lowest BCUT2D eigenvalue weighted by Crippen LogP contribution is -2.10. The van der Waals surface area contributed by atoms with E-state index >= 15 is 0 Å². The van der Waals surface area contributed by atoms with Gasteiger partial charge in [0.2, 0.25) is 0 Å². The molecule has 4 heteroatoms. The molecule has 0 aromatic heterocycles. The Morgan fingerprint density at radius 1 is 0.250 bits per heavy atom. The Bertz CT molecular complexity index is 2070. The summed E-state index contributed by atoms with van der Waals surface area (Å²) in [6.45, 7) is 0. The van der Waals surface area contributed by atoms with Crippen molar-refractivity contribution in [3.8, 4) is 11.1 Å². The Balaban J connectivity index is 0.00000201. The molecule has 0 heterocycles. The van der Waals surface area contributed by atoms with Crippen molar-refractivity contribution in [3.63, 3.8) is 0 Å². The number of rotatable bonds is 7. The molecule has 0 aliphatic rings. The Kier molecular flexibility index (Phi) is 9.31. The smallest absolute Gasteiger partial charge is 0.0540 e. The first-order valence-electron chi connectivity index (χ1n) is 15.7. The molecule has 8 aromatic rings. The maximum absolute atomic E-state index is 2.34. The van der Waals surface area contributed by atoms with Crippen molar-refractivity contribution in [2.75, 3.05) is 9.80 Å². The molecule has 234 valence electrons. The van der Waals surface area contributed by atoms with Crippen LogP contribution in [0.2, 0.25) is 0 Å². The first kappa shape index (κ1) is 31.8. The molecule has 6 N–H and O–H groups in total. The van der Waals surface area contributed by atoms with Gasteiger partial charge in [-0.25, -0.2) is 0 Å². The van der Waals surface area contributed by atoms with Crippen molar-refractivity contribution in [2.24, 2.45) is 0 Å². The van der Waals surface area contributed by atoms with Crippen LogP contribution in [0.3, 0.4) is 0 Å². The van der Waals surface area contributed by atoms with Crippen LogP contribution in [0.25, 0.3) is 32.7 Å². The minimum Gasteiger partial charge on any atom is -0.344 e. The van der Waals surface area contributed by atoms with Gasteiger partial charge in [0.1, 0.15) is 0 Å². The van der Waals surface area contributed by atoms with Crippen LogP contribution in [0.1, 0.15) is 0 Å². The van der Waals surface area contributed by atoms with Crippen molar-refractivity contribution < 1.29 is 0 Å². The molecule has 48 heavy (non-hydrogen) atoms. The van der Waals surface area contributed by atoms with Gasteiger partial charge in [-0.1, -0.05) is 133 Å². The van der Waals surface area contributed by atoms with Gasteiger partial charge < -0.3 is 22.1 Å². The van der Waals surface area contributed by atoms with Gasteiger partial charge in [0, 0.05) is 33.5 Å². The second-order valence-electron chi connectivity index (χ2n) is 11.4. The molecule has 0 radical (unpaired) electrons. The fourth-order valence-electron chi connectivity index (χ4n) is 6.42. The zero-order valence-electron chi connectivity index (χ0n) is 26.8. The molecule has 0 saturated heterocycles. The van der Waals surface area contributed by atoms with E-state index in [1.54, 1.807) is 0 Å². The minimum absolute atomic E-state index is 0. The van der Waals surface area contributed by atoms with Gasteiger partial charge in [0.25, 0.3) is 0 Å². The summed E-state index contributed by atoms with van der Waals surface area (Å²) in [4.78, 5) is 4.69. The summed E-state index contributed by atoms with van der Waals surface area (Å²) in [5, 5.41) is 4.90. The van der Waals surface area contributed by atoms with Gasteiger partial charge in [0.15, 0.2) is 0 Å². The number of benzene rings is 8. The second-order valence-corrected chi connectivity index (χ2v) is 11.4. The van der Waals surface area contributed by atoms with E-state index in [2.05, 4.69) is 204 Å². The average Bonchev–Trinajstić information content (AvgIpc) is 3.14. The fourth-order valence-corrected chi connectivity index (χ4v) is 6.42. The summed E-state index contributed by atoms with van der Waals surface area (Å²) in [5.74, 6) is 0. The predicted octanol–water partition coefficient (Wildman–Crippen LogP) is 12.9. The van der Waals surface area contributed by atoms with E-state index in [0.29, 0.717) is 0 Å². The van der Waals surface area contributed by atoms with Crippen molar-refractivity contribution in [3.05, 3.63) is 194 Å². The van der Waals surface area contributed by atoms with Crippen LogP contribution >= 0.6 is 0 Å². The van der Waals surface area contributed by atoms with Crippen molar-refractivity contribution in [1.82, 2.24) is 12.3 Å². The maximum atomic E-state index is 2.34. The van der Waals surface area contributed by atoms with Crippen LogP contribution in [0.5, 0.6) is 0 Å². The number of fused-ring (bicyclic) bond motifs is 2. The molecule has 8 rings (SSSR count). The Morgan fingerprint density at radius 2 is 0.562 bits per heavy atom. The van der Waals surface area contributed by atoms with Crippen molar-refractivity contribution in [1.29, 1.82) is 0 Å². The molecule has 8 aromatic carbocycles. The quantitative estimate of drug-likeness (QED) is 0.185. The lowest BCUT2D eigenvalue weighted by atomic mass is 10.0. The third kappa shape index (κ3) is 6.02. The van der Waals surface area contributed by atoms with Gasteiger partial charge >= 0.3 is 0 Å². The van der Waals surface area contributed by atoms with E-state index in [1.807, 2.05) is 0 Å². The summed E-state index contributed by atoms with van der Waals surface area (Å²) in [5.41, 5.74) is 9.18. The SMILES string of the molecule is N.N.c1ccc(N(c2ccc(-c3ccc(N(c4ccccc4)c4cccc5ccccc45)cc3)cc2)c2cccc3ccccc23)cc1. The van der Waals surface area contributed by atoms with Gasteiger partial charge in [0.05, 0.1) is 11.4 Å². The number of nitrogens with zero attached hydrogens (tertiary/aromatic N) is 2. The summed E-state index contributed by atoms with van der Waals surface area (Å²) in [7, 11) is 0. The predicted molar refractivity (Wildman–Crippen MR) is 206 cm³/mol. The fraction of sp³-hybridized carbons (Fsp3) is 0. The van der Waals surface area contributed by atoms with Crippen LogP contribution in [-0.2, 0) is 0 Å². The van der Waals surface area contributed by atoms with Crippen molar-refractivity contribution in [2.45, 2.75) is 0 Å².